The number of rotatable bonds is 2. The Labute approximate surface area is 71.5 Å². The van der Waals surface area contributed by atoms with E-state index in [1.165, 1.54) is 0 Å². The highest BCUT2D eigenvalue weighted by Crippen LogP contribution is 2.11. The van der Waals surface area contributed by atoms with Crippen LogP contribution in [-0.4, -0.2) is 17.9 Å². The first-order chi connectivity index (χ1) is 5.68. The van der Waals surface area contributed by atoms with Gasteiger partial charge in [0.1, 0.15) is 0 Å². The molecule has 1 fully saturated rings. The molecule has 12 heavy (non-hydrogen) atoms. The molecule has 1 saturated heterocycles. The zero-order valence-electron chi connectivity index (χ0n) is 7.01. The molecule has 0 aliphatic carbocycles. The van der Waals surface area contributed by atoms with Crippen molar-refractivity contribution in [3.8, 4) is 0 Å². The van der Waals surface area contributed by atoms with Crippen molar-refractivity contribution in [1.29, 1.82) is 0 Å². The Balaban J connectivity index is 2.41. The first-order valence-electron chi connectivity index (χ1n) is 4.26. The maximum atomic E-state index is 11.0. The Kier molecular flexibility index (Phi) is 3.08. The van der Waals surface area contributed by atoms with E-state index in [4.69, 9.17) is 5.73 Å². The van der Waals surface area contributed by atoms with Gasteiger partial charge in [-0.1, -0.05) is 6.42 Å². The quantitative estimate of drug-likeness (QED) is 0.608. The number of hydrogen-bond acceptors (Lipinski definition) is 2. The number of carbonyl (C=O) groups is 2. The molecule has 0 spiro atoms. The standard InChI is InChI=1S/C8H14N2O2/c9-7(11)5-6-3-1-2-4-8(12)10-6/h6H,1-5H2,(H2,9,11)(H,10,12). The molecule has 1 heterocycles. The summed E-state index contributed by atoms with van der Waals surface area (Å²) in [5, 5.41) is 2.77. The Morgan fingerprint density at radius 1 is 1.58 bits per heavy atom. The Hall–Kier alpha value is -1.06. The van der Waals surface area contributed by atoms with Crippen LogP contribution in [0, 0.1) is 0 Å². The van der Waals surface area contributed by atoms with Crippen molar-refractivity contribution >= 4 is 11.8 Å². The summed E-state index contributed by atoms with van der Waals surface area (Å²) in [6, 6.07) is -0.0301. The van der Waals surface area contributed by atoms with Crippen LogP contribution in [0.4, 0.5) is 0 Å². The summed E-state index contributed by atoms with van der Waals surface area (Å²) in [7, 11) is 0. The molecule has 0 aromatic carbocycles. The molecule has 1 aliphatic rings. The molecule has 1 unspecified atom stereocenters. The number of amides is 2. The summed E-state index contributed by atoms with van der Waals surface area (Å²) in [6.07, 6.45) is 3.63. The highest BCUT2D eigenvalue weighted by Gasteiger charge is 2.17. The summed E-state index contributed by atoms with van der Waals surface area (Å²) in [5.41, 5.74) is 5.03. The maximum Gasteiger partial charge on any atom is 0.220 e. The van der Waals surface area contributed by atoms with Crippen molar-refractivity contribution in [1.82, 2.24) is 5.32 Å². The molecular formula is C8H14N2O2. The number of hydrogen-bond donors (Lipinski definition) is 2. The minimum absolute atomic E-state index is 0.0301. The second kappa shape index (κ2) is 4.09. The average molecular weight is 170 g/mol. The molecule has 68 valence electrons. The second-order valence-corrected chi connectivity index (χ2v) is 3.18. The minimum Gasteiger partial charge on any atom is -0.370 e. The van der Waals surface area contributed by atoms with Crippen LogP contribution < -0.4 is 11.1 Å². The third-order valence-electron chi connectivity index (χ3n) is 2.02. The van der Waals surface area contributed by atoms with Crippen molar-refractivity contribution in [2.24, 2.45) is 5.73 Å². The summed E-state index contributed by atoms with van der Waals surface area (Å²) < 4.78 is 0. The van der Waals surface area contributed by atoms with E-state index >= 15 is 0 Å². The smallest absolute Gasteiger partial charge is 0.220 e. The monoisotopic (exact) mass is 170 g/mol. The first kappa shape index (κ1) is 9.03. The molecule has 0 radical (unpaired) electrons. The summed E-state index contributed by atoms with van der Waals surface area (Å²) in [5.74, 6) is -0.305. The van der Waals surface area contributed by atoms with Crippen molar-refractivity contribution < 1.29 is 9.59 Å². The van der Waals surface area contributed by atoms with Crippen molar-refractivity contribution in [2.75, 3.05) is 0 Å². The van der Waals surface area contributed by atoms with E-state index in [0.717, 1.165) is 19.3 Å². The fourth-order valence-corrected chi connectivity index (χ4v) is 1.44. The fraction of sp³-hybridized carbons (Fsp3) is 0.750. The van der Waals surface area contributed by atoms with Gasteiger partial charge in [-0.25, -0.2) is 0 Å². The van der Waals surface area contributed by atoms with Gasteiger partial charge in [0.15, 0.2) is 0 Å². The molecule has 0 bridgehead atoms. The number of nitrogens with two attached hydrogens (primary N) is 1. The second-order valence-electron chi connectivity index (χ2n) is 3.18. The SMILES string of the molecule is NC(=O)CC1CCCCC(=O)N1. The van der Waals surface area contributed by atoms with E-state index in [1.807, 2.05) is 0 Å². The van der Waals surface area contributed by atoms with Crippen LogP contribution in [0.2, 0.25) is 0 Å². The molecule has 1 aliphatic heterocycles. The van der Waals surface area contributed by atoms with Crippen LogP contribution in [0.3, 0.4) is 0 Å². The lowest BCUT2D eigenvalue weighted by molar-refractivity contribution is -0.122. The summed E-state index contributed by atoms with van der Waals surface area (Å²) in [4.78, 5) is 21.6. The lowest BCUT2D eigenvalue weighted by Gasteiger charge is -2.12. The Morgan fingerprint density at radius 2 is 2.33 bits per heavy atom. The molecular weight excluding hydrogens is 156 g/mol. The third-order valence-corrected chi connectivity index (χ3v) is 2.02. The molecule has 0 saturated carbocycles. The van der Waals surface area contributed by atoms with Gasteiger partial charge in [0.2, 0.25) is 11.8 Å². The summed E-state index contributed by atoms with van der Waals surface area (Å²) >= 11 is 0. The number of nitrogens with one attached hydrogen (secondary N) is 1. The topological polar surface area (TPSA) is 72.2 Å². The van der Waals surface area contributed by atoms with Gasteiger partial charge >= 0.3 is 0 Å². The Morgan fingerprint density at radius 3 is 3.00 bits per heavy atom. The molecule has 4 heteroatoms. The number of primary amides is 1. The zero-order valence-corrected chi connectivity index (χ0v) is 7.01. The van der Waals surface area contributed by atoms with Crippen molar-refractivity contribution in [2.45, 2.75) is 38.1 Å². The van der Waals surface area contributed by atoms with Gasteiger partial charge in [0.25, 0.3) is 0 Å². The molecule has 1 rings (SSSR count). The van der Waals surface area contributed by atoms with E-state index in [-0.39, 0.29) is 24.3 Å². The zero-order chi connectivity index (χ0) is 8.97. The van der Waals surface area contributed by atoms with E-state index in [1.54, 1.807) is 0 Å². The van der Waals surface area contributed by atoms with Gasteiger partial charge < -0.3 is 11.1 Å². The Bertz CT molecular complexity index is 191. The van der Waals surface area contributed by atoms with Crippen LogP contribution in [0.1, 0.15) is 32.1 Å². The van der Waals surface area contributed by atoms with Crippen LogP contribution in [-0.2, 0) is 9.59 Å². The van der Waals surface area contributed by atoms with Crippen LogP contribution in [0.5, 0.6) is 0 Å². The summed E-state index contributed by atoms with van der Waals surface area (Å²) in [6.45, 7) is 0. The minimum atomic E-state index is -0.345. The highest BCUT2D eigenvalue weighted by molar-refractivity contribution is 5.79. The molecule has 0 aromatic rings. The first-order valence-corrected chi connectivity index (χ1v) is 4.26. The van der Waals surface area contributed by atoms with Crippen LogP contribution in [0.15, 0.2) is 0 Å². The van der Waals surface area contributed by atoms with E-state index in [2.05, 4.69) is 5.32 Å². The van der Waals surface area contributed by atoms with E-state index in [0.29, 0.717) is 6.42 Å². The van der Waals surface area contributed by atoms with Crippen molar-refractivity contribution in [3.63, 3.8) is 0 Å². The lowest BCUT2D eigenvalue weighted by atomic mass is 10.1. The van der Waals surface area contributed by atoms with Gasteiger partial charge in [0.05, 0.1) is 0 Å². The van der Waals surface area contributed by atoms with Crippen LogP contribution >= 0.6 is 0 Å². The van der Waals surface area contributed by atoms with Gasteiger partial charge in [0, 0.05) is 18.9 Å². The predicted octanol–water partition coefficient (Wildman–Crippen LogP) is -0.0794. The van der Waals surface area contributed by atoms with Gasteiger partial charge in [-0.3, -0.25) is 9.59 Å². The third kappa shape index (κ3) is 2.90. The molecule has 0 aromatic heterocycles. The van der Waals surface area contributed by atoms with Crippen molar-refractivity contribution in [3.05, 3.63) is 0 Å². The van der Waals surface area contributed by atoms with Gasteiger partial charge in [-0.05, 0) is 12.8 Å². The van der Waals surface area contributed by atoms with E-state index in [9.17, 15) is 9.59 Å². The largest absolute Gasteiger partial charge is 0.370 e. The lowest BCUT2D eigenvalue weighted by Crippen LogP contribution is -2.36. The van der Waals surface area contributed by atoms with Gasteiger partial charge in [-0.15, -0.1) is 0 Å². The normalized spacial score (nSPS) is 24.3. The molecule has 2 amide bonds. The molecule has 3 N–H and O–H groups in total. The fourth-order valence-electron chi connectivity index (χ4n) is 1.44. The molecule has 4 nitrogen and oxygen atoms in total. The average Bonchev–Trinajstić information content (AvgIpc) is 2.12. The molecule has 1 atom stereocenters. The predicted molar refractivity (Wildman–Crippen MR) is 44.2 cm³/mol. The maximum absolute atomic E-state index is 11.0. The number of carbonyl (C=O) groups excluding carboxylic acids is 2. The van der Waals surface area contributed by atoms with E-state index < -0.39 is 0 Å². The van der Waals surface area contributed by atoms with Gasteiger partial charge in [-0.2, -0.15) is 0 Å². The van der Waals surface area contributed by atoms with Crippen LogP contribution in [0.25, 0.3) is 0 Å². The highest BCUT2D eigenvalue weighted by atomic mass is 16.2.